The molecule has 0 radical (unpaired) electrons. The van der Waals surface area contributed by atoms with Crippen molar-refractivity contribution < 1.29 is 18.0 Å². The summed E-state index contributed by atoms with van der Waals surface area (Å²) < 4.78 is 26.8. The Kier molecular flexibility index (Phi) is 8.29. The zero-order valence-electron chi connectivity index (χ0n) is 11.5. The molecule has 0 aliphatic rings. The molecule has 0 spiro atoms. The molecule has 0 aliphatic carbocycles. The summed E-state index contributed by atoms with van der Waals surface area (Å²) in [6.07, 6.45) is 1.34. The van der Waals surface area contributed by atoms with Crippen LogP contribution in [0.1, 0.15) is 19.3 Å². The van der Waals surface area contributed by atoms with Crippen molar-refractivity contribution in [2.24, 2.45) is 0 Å². The lowest BCUT2D eigenvalue weighted by molar-refractivity contribution is -0.119. The number of nitrogens with one attached hydrogen (secondary N) is 2. The van der Waals surface area contributed by atoms with Gasteiger partial charge in [-0.25, -0.2) is 8.42 Å². The summed E-state index contributed by atoms with van der Waals surface area (Å²) in [5, 5.41) is 2.77. The molecule has 1 aromatic rings. The highest BCUT2D eigenvalue weighted by atomic mass is 127. The minimum absolute atomic E-state index is 0.0117. The Labute approximate surface area is 170 Å². The molecule has 2 amide bonds. The molecule has 0 heterocycles. The first-order valence-electron chi connectivity index (χ1n) is 6.03. The zero-order chi connectivity index (χ0) is 16.9. The Morgan fingerprint density at radius 3 is 2.05 bits per heavy atom. The number of carbonyl (C=O) groups is 2. The number of amides is 2. The predicted molar refractivity (Wildman–Crippen MR) is 110 cm³/mol. The van der Waals surface area contributed by atoms with E-state index in [0.717, 1.165) is 17.0 Å². The van der Waals surface area contributed by atoms with Crippen molar-refractivity contribution in [3.05, 3.63) is 22.8 Å². The second-order valence-electron chi connectivity index (χ2n) is 4.45. The molecule has 122 valence electrons. The number of hydrogen-bond donors (Lipinski definition) is 2. The molecule has 0 aromatic heterocycles. The van der Waals surface area contributed by atoms with E-state index in [0.29, 0.717) is 5.69 Å². The lowest BCUT2D eigenvalue weighted by Gasteiger charge is -2.08. The van der Waals surface area contributed by atoms with Crippen molar-refractivity contribution in [3.63, 3.8) is 0 Å². The maximum Gasteiger partial charge on any atom is 0.233 e. The molecule has 0 bridgehead atoms. The number of carbonyl (C=O) groups excluding carboxylic acids is 2. The van der Waals surface area contributed by atoms with Crippen LogP contribution in [0.15, 0.2) is 12.1 Å². The fourth-order valence-electron chi connectivity index (χ4n) is 1.52. The third-order valence-corrected chi connectivity index (χ3v) is 7.90. The highest BCUT2D eigenvalue weighted by Crippen LogP contribution is 2.25. The highest BCUT2D eigenvalue weighted by Gasteiger charge is 2.11. The number of benzene rings is 1. The summed E-state index contributed by atoms with van der Waals surface area (Å²) in [4.78, 5) is 23.1. The summed E-state index contributed by atoms with van der Waals surface area (Å²) in [6, 6.07) is 3.75. The Morgan fingerprint density at radius 1 is 1.05 bits per heavy atom. The van der Waals surface area contributed by atoms with Crippen molar-refractivity contribution in [2.45, 2.75) is 19.3 Å². The molecule has 0 atom stereocenters. The van der Waals surface area contributed by atoms with Gasteiger partial charge in [-0.15, -0.1) is 0 Å². The Hall–Kier alpha value is 0.300. The zero-order valence-corrected chi connectivity index (χ0v) is 18.7. The number of rotatable bonds is 6. The summed E-state index contributed by atoms with van der Waals surface area (Å²) in [5.74, 6) is -0.811. The second kappa shape index (κ2) is 8.96. The number of anilines is 1. The molecular formula is C12H13I3N2O4S. The van der Waals surface area contributed by atoms with Gasteiger partial charge >= 0.3 is 0 Å². The molecule has 1 aromatic carbocycles. The topological polar surface area (TPSA) is 92.3 Å². The second-order valence-corrected chi connectivity index (χ2v) is 9.60. The van der Waals surface area contributed by atoms with Gasteiger partial charge in [0.25, 0.3) is 0 Å². The molecular weight excluding hydrogens is 649 g/mol. The van der Waals surface area contributed by atoms with Gasteiger partial charge < -0.3 is 5.32 Å². The van der Waals surface area contributed by atoms with Gasteiger partial charge in [0.2, 0.25) is 21.8 Å². The van der Waals surface area contributed by atoms with Crippen LogP contribution in [0.5, 0.6) is 0 Å². The average Bonchev–Trinajstić information content (AvgIpc) is 2.33. The fourth-order valence-corrected chi connectivity index (χ4v) is 4.11. The third-order valence-electron chi connectivity index (χ3n) is 2.37. The molecule has 0 fully saturated rings. The normalized spacial score (nSPS) is 11.1. The third kappa shape index (κ3) is 7.72. The largest absolute Gasteiger partial charge is 0.326 e. The standard InChI is InChI=1S/C12H13I3N2O4S/c1-22(20,21)17-11(19)4-2-3-10(18)16-7-5-8(13)12(15)9(14)6-7/h5-6H,2-4H2,1H3,(H,16,18)(H,17,19). The molecule has 22 heavy (non-hydrogen) atoms. The van der Waals surface area contributed by atoms with Crippen LogP contribution < -0.4 is 10.0 Å². The molecule has 0 saturated carbocycles. The van der Waals surface area contributed by atoms with Gasteiger partial charge in [-0.1, -0.05) is 0 Å². The number of hydrogen-bond acceptors (Lipinski definition) is 4. The average molecular weight is 662 g/mol. The summed E-state index contributed by atoms with van der Waals surface area (Å²) in [6.45, 7) is 0. The summed E-state index contributed by atoms with van der Waals surface area (Å²) in [5.41, 5.74) is 0.708. The molecule has 0 saturated heterocycles. The summed E-state index contributed by atoms with van der Waals surface area (Å²) in [7, 11) is -3.54. The monoisotopic (exact) mass is 662 g/mol. The van der Waals surface area contributed by atoms with Gasteiger partial charge in [0.1, 0.15) is 0 Å². The molecule has 0 unspecified atom stereocenters. The van der Waals surface area contributed by atoms with E-state index in [1.165, 1.54) is 0 Å². The molecule has 0 aliphatic heterocycles. The molecule has 2 N–H and O–H groups in total. The van der Waals surface area contributed by atoms with E-state index in [1.807, 2.05) is 16.9 Å². The Balaban J connectivity index is 2.46. The van der Waals surface area contributed by atoms with Crippen LogP contribution in [-0.4, -0.2) is 26.5 Å². The van der Waals surface area contributed by atoms with Gasteiger partial charge in [0, 0.05) is 29.2 Å². The smallest absolute Gasteiger partial charge is 0.233 e. The fraction of sp³-hybridized carbons (Fsp3) is 0.333. The van der Waals surface area contributed by atoms with Crippen molar-refractivity contribution in [1.29, 1.82) is 0 Å². The van der Waals surface area contributed by atoms with Crippen LogP contribution in [-0.2, 0) is 19.6 Å². The molecule has 10 heteroatoms. The first-order chi connectivity index (χ1) is 10.1. The quantitative estimate of drug-likeness (QED) is 0.363. The Morgan fingerprint density at radius 2 is 1.55 bits per heavy atom. The van der Waals surface area contributed by atoms with E-state index >= 15 is 0 Å². The predicted octanol–water partition coefficient (Wildman–Crippen LogP) is 2.69. The van der Waals surface area contributed by atoms with Crippen LogP contribution in [0, 0.1) is 10.7 Å². The van der Waals surface area contributed by atoms with Crippen molar-refractivity contribution in [3.8, 4) is 0 Å². The minimum Gasteiger partial charge on any atom is -0.326 e. The first kappa shape index (κ1) is 20.3. The Bertz CT molecular complexity index is 669. The maximum atomic E-state index is 11.8. The summed E-state index contributed by atoms with van der Waals surface area (Å²) >= 11 is 6.64. The van der Waals surface area contributed by atoms with Crippen LogP contribution in [0.2, 0.25) is 0 Å². The van der Waals surface area contributed by atoms with Crippen molar-refractivity contribution in [1.82, 2.24) is 4.72 Å². The van der Waals surface area contributed by atoms with E-state index in [2.05, 4.69) is 73.1 Å². The maximum absolute atomic E-state index is 11.8. The van der Waals surface area contributed by atoms with Crippen LogP contribution >= 0.6 is 67.8 Å². The molecule has 1 rings (SSSR count). The van der Waals surface area contributed by atoms with Crippen molar-refractivity contribution >= 4 is 95.3 Å². The van der Waals surface area contributed by atoms with Gasteiger partial charge in [-0.2, -0.15) is 0 Å². The molecule has 6 nitrogen and oxygen atoms in total. The lowest BCUT2D eigenvalue weighted by Crippen LogP contribution is -2.29. The first-order valence-corrected chi connectivity index (χ1v) is 11.2. The van der Waals surface area contributed by atoms with Crippen LogP contribution in [0.3, 0.4) is 0 Å². The lowest BCUT2D eigenvalue weighted by atomic mass is 10.2. The highest BCUT2D eigenvalue weighted by molar-refractivity contribution is 14.1. The number of sulfonamides is 1. The van der Waals surface area contributed by atoms with Gasteiger partial charge in [0.15, 0.2) is 0 Å². The van der Waals surface area contributed by atoms with E-state index in [-0.39, 0.29) is 25.2 Å². The van der Waals surface area contributed by atoms with Gasteiger partial charge in [0.05, 0.1) is 6.26 Å². The van der Waals surface area contributed by atoms with Crippen LogP contribution in [0.25, 0.3) is 0 Å². The minimum atomic E-state index is -3.54. The number of halogens is 3. The SMILES string of the molecule is CS(=O)(=O)NC(=O)CCCC(=O)Nc1cc(I)c(I)c(I)c1. The van der Waals surface area contributed by atoms with Crippen molar-refractivity contribution in [2.75, 3.05) is 11.6 Å². The van der Waals surface area contributed by atoms with E-state index in [4.69, 9.17) is 0 Å². The van der Waals surface area contributed by atoms with Gasteiger partial charge in [-0.3, -0.25) is 14.3 Å². The van der Waals surface area contributed by atoms with Crippen LogP contribution in [0.4, 0.5) is 5.69 Å². The van der Waals surface area contributed by atoms with E-state index in [9.17, 15) is 18.0 Å². The van der Waals surface area contributed by atoms with E-state index < -0.39 is 15.9 Å². The van der Waals surface area contributed by atoms with E-state index in [1.54, 1.807) is 0 Å². The van der Waals surface area contributed by atoms with Gasteiger partial charge in [-0.05, 0) is 86.3 Å².